The molecule has 1 aromatic rings. The van der Waals surface area contributed by atoms with Crippen molar-refractivity contribution in [2.45, 2.75) is 39.0 Å². The molecule has 20 heavy (non-hydrogen) atoms. The minimum Gasteiger partial charge on any atom is -0.477 e. The largest absolute Gasteiger partial charge is 0.477 e. The molecule has 0 atom stereocenters. The van der Waals surface area contributed by atoms with E-state index in [2.05, 4.69) is 11.9 Å². The van der Waals surface area contributed by atoms with Gasteiger partial charge in [-0.2, -0.15) is 0 Å². The van der Waals surface area contributed by atoms with E-state index < -0.39 is 10.9 Å². The first-order valence-corrected chi connectivity index (χ1v) is 6.57. The zero-order valence-electron chi connectivity index (χ0n) is 11.4. The Labute approximate surface area is 116 Å². The first-order chi connectivity index (χ1) is 9.56. The molecule has 0 aliphatic heterocycles. The number of ether oxygens (including phenoxy) is 1. The maximum Gasteiger partial charge on any atom is 0.354 e. The molecule has 1 aromatic heterocycles. The van der Waals surface area contributed by atoms with E-state index in [0.717, 1.165) is 44.2 Å². The summed E-state index contributed by atoms with van der Waals surface area (Å²) in [6.07, 6.45) is 5.10. The van der Waals surface area contributed by atoms with E-state index in [-0.39, 0.29) is 17.3 Å². The number of carboxylic acids is 1. The number of nitro groups is 1. The third-order valence-corrected chi connectivity index (χ3v) is 2.74. The SMILES string of the molecule is CCCCCCCOc1nc(C(=O)O)ccc1[N+](=O)[O-]. The Hall–Kier alpha value is -2.18. The average Bonchev–Trinajstić information content (AvgIpc) is 2.42. The Balaban J connectivity index is 2.63. The highest BCUT2D eigenvalue weighted by Gasteiger charge is 2.19. The number of unbranched alkanes of at least 4 members (excludes halogenated alkanes) is 4. The van der Waals surface area contributed by atoms with Crippen LogP contribution in [0.4, 0.5) is 5.69 Å². The summed E-state index contributed by atoms with van der Waals surface area (Å²) in [7, 11) is 0. The van der Waals surface area contributed by atoms with Gasteiger partial charge in [0.1, 0.15) is 0 Å². The molecule has 0 unspecified atom stereocenters. The monoisotopic (exact) mass is 282 g/mol. The Kier molecular flexibility index (Phi) is 6.42. The van der Waals surface area contributed by atoms with E-state index in [1.54, 1.807) is 0 Å². The lowest BCUT2D eigenvalue weighted by Gasteiger charge is -2.06. The summed E-state index contributed by atoms with van der Waals surface area (Å²) < 4.78 is 5.25. The molecule has 1 N–H and O–H groups in total. The van der Waals surface area contributed by atoms with Crippen LogP contribution in [0.15, 0.2) is 12.1 Å². The van der Waals surface area contributed by atoms with Crippen LogP contribution in [-0.2, 0) is 0 Å². The van der Waals surface area contributed by atoms with Crippen molar-refractivity contribution in [2.75, 3.05) is 6.61 Å². The van der Waals surface area contributed by atoms with E-state index in [4.69, 9.17) is 9.84 Å². The van der Waals surface area contributed by atoms with Crippen LogP contribution in [0, 0.1) is 10.1 Å². The molecule has 0 amide bonds. The van der Waals surface area contributed by atoms with Crippen molar-refractivity contribution in [2.24, 2.45) is 0 Å². The second kappa shape index (κ2) is 8.08. The second-order valence-electron chi connectivity index (χ2n) is 4.35. The van der Waals surface area contributed by atoms with Crippen LogP contribution in [0.25, 0.3) is 0 Å². The fourth-order valence-electron chi connectivity index (χ4n) is 1.67. The topological polar surface area (TPSA) is 103 Å². The van der Waals surface area contributed by atoms with E-state index in [9.17, 15) is 14.9 Å². The fourth-order valence-corrected chi connectivity index (χ4v) is 1.67. The van der Waals surface area contributed by atoms with Gasteiger partial charge >= 0.3 is 11.7 Å². The van der Waals surface area contributed by atoms with Gasteiger partial charge in [-0.1, -0.05) is 32.6 Å². The highest BCUT2D eigenvalue weighted by Crippen LogP contribution is 2.24. The molecule has 0 fully saturated rings. The minimum absolute atomic E-state index is 0.231. The van der Waals surface area contributed by atoms with Gasteiger partial charge in [-0.15, -0.1) is 0 Å². The summed E-state index contributed by atoms with van der Waals surface area (Å²) in [4.78, 5) is 24.6. The van der Waals surface area contributed by atoms with Crippen LogP contribution in [0.1, 0.15) is 49.5 Å². The highest BCUT2D eigenvalue weighted by molar-refractivity contribution is 5.85. The van der Waals surface area contributed by atoms with Gasteiger partial charge in [-0.05, 0) is 12.5 Å². The minimum atomic E-state index is -1.24. The van der Waals surface area contributed by atoms with Crippen molar-refractivity contribution in [3.05, 3.63) is 27.9 Å². The van der Waals surface area contributed by atoms with Gasteiger partial charge in [0.2, 0.25) is 0 Å². The Bertz CT molecular complexity index is 476. The van der Waals surface area contributed by atoms with Gasteiger partial charge in [0.15, 0.2) is 5.69 Å². The van der Waals surface area contributed by atoms with Crippen molar-refractivity contribution < 1.29 is 19.6 Å². The van der Waals surface area contributed by atoms with E-state index in [1.807, 2.05) is 0 Å². The molecule has 0 spiro atoms. The van der Waals surface area contributed by atoms with Crippen molar-refractivity contribution in [3.8, 4) is 5.88 Å². The smallest absolute Gasteiger partial charge is 0.354 e. The summed E-state index contributed by atoms with van der Waals surface area (Å²) in [5.41, 5.74) is -0.583. The number of aromatic carboxylic acids is 1. The summed E-state index contributed by atoms with van der Waals surface area (Å²) in [5, 5.41) is 19.6. The molecule has 1 heterocycles. The molecule has 1 rings (SSSR count). The van der Waals surface area contributed by atoms with Crippen LogP contribution in [0.3, 0.4) is 0 Å². The molecule has 0 saturated heterocycles. The summed E-state index contributed by atoms with van der Waals surface area (Å²) in [6.45, 7) is 2.40. The third kappa shape index (κ3) is 4.83. The molecular formula is C13H18N2O5. The van der Waals surface area contributed by atoms with Crippen LogP contribution in [0.5, 0.6) is 5.88 Å². The third-order valence-electron chi connectivity index (χ3n) is 2.74. The van der Waals surface area contributed by atoms with Crippen molar-refractivity contribution >= 4 is 11.7 Å². The zero-order chi connectivity index (χ0) is 15.0. The molecule has 0 aromatic carbocycles. The van der Waals surface area contributed by atoms with Gasteiger partial charge in [0.25, 0.3) is 5.88 Å². The molecule has 0 radical (unpaired) electrons. The first-order valence-electron chi connectivity index (χ1n) is 6.57. The first kappa shape index (κ1) is 15.9. The predicted molar refractivity (Wildman–Crippen MR) is 72.1 cm³/mol. The molecule has 7 heteroatoms. The highest BCUT2D eigenvalue weighted by atomic mass is 16.6. The lowest BCUT2D eigenvalue weighted by atomic mass is 10.2. The normalized spacial score (nSPS) is 10.2. The Morgan fingerprint density at radius 1 is 1.35 bits per heavy atom. The number of hydrogen-bond acceptors (Lipinski definition) is 5. The maximum absolute atomic E-state index is 10.8. The number of carboxylic acid groups (broad SMARTS) is 1. The molecule has 110 valence electrons. The van der Waals surface area contributed by atoms with Gasteiger partial charge in [0, 0.05) is 6.07 Å². The lowest BCUT2D eigenvalue weighted by molar-refractivity contribution is -0.386. The number of rotatable bonds is 9. The van der Waals surface area contributed by atoms with Gasteiger partial charge in [-0.3, -0.25) is 10.1 Å². The molecular weight excluding hydrogens is 264 g/mol. The maximum atomic E-state index is 10.8. The quantitative estimate of drug-likeness (QED) is 0.424. The lowest BCUT2D eigenvalue weighted by Crippen LogP contribution is -2.07. The predicted octanol–water partition coefficient (Wildman–Crippen LogP) is 3.04. The van der Waals surface area contributed by atoms with Gasteiger partial charge < -0.3 is 9.84 Å². The fraction of sp³-hybridized carbons (Fsp3) is 0.538. The van der Waals surface area contributed by atoms with E-state index in [1.165, 1.54) is 0 Å². The number of nitrogens with zero attached hydrogens (tertiary/aromatic N) is 2. The average molecular weight is 282 g/mol. The Morgan fingerprint density at radius 2 is 2.05 bits per heavy atom. The summed E-state index contributed by atoms with van der Waals surface area (Å²) in [6, 6.07) is 2.19. The molecule has 0 bridgehead atoms. The number of hydrogen-bond donors (Lipinski definition) is 1. The Morgan fingerprint density at radius 3 is 2.65 bits per heavy atom. The number of carbonyl (C=O) groups is 1. The van der Waals surface area contributed by atoms with Crippen LogP contribution >= 0.6 is 0 Å². The summed E-state index contributed by atoms with van der Waals surface area (Å²) >= 11 is 0. The van der Waals surface area contributed by atoms with Crippen LogP contribution < -0.4 is 4.74 Å². The van der Waals surface area contributed by atoms with E-state index in [0.29, 0.717) is 6.61 Å². The van der Waals surface area contributed by atoms with Crippen LogP contribution in [0.2, 0.25) is 0 Å². The number of pyridine rings is 1. The molecule has 0 aliphatic carbocycles. The van der Waals surface area contributed by atoms with Crippen molar-refractivity contribution in [1.29, 1.82) is 0 Å². The zero-order valence-corrected chi connectivity index (χ0v) is 11.4. The number of aromatic nitrogens is 1. The molecule has 0 saturated carbocycles. The van der Waals surface area contributed by atoms with Gasteiger partial charge in [0.05, 0.1) is 11.5 Å². The van der Waals surface area contributed by atoms with Crippen molar-refractivity contribution in [1.82, 2.24) is 4.98 Å². The van der Waals surface area contributed by atoms with Crippen LogP contribution in [-0.4, -0.2) is 27.6 Å². The standard InChI is InChI=1S/C13H18N2O5/c1-2-3-4-5-6-9-20-12-11(15(18)19)8-7-10(14-12)13(16)17/h7-8H,2-6,9H2,1H3,(H,16,17). The summed E-state index contributed by atoms with van der Waals surface area (Å²) in [5.74, 6) is -1.47. The molecule has 0 aliphatic rings. The van der Waals surface area contributed by atoms with Crippen molar-refractivity contribution in [3.63, 3.8) is 0 Å². The van der Waals surface area contributed by atoms with Gasteiger partial charge in [-0.25, -0.2) is 9.78 Å². The second-order valence-corrected chi connectivity index (χ2v) is 4.35. The molecule has 7 nitrogen and oxygen atoms in total. The van der Waals surface area contributed by atoms with E-state index >= 15 is 0 Å².